The summed E-state index contributed by atoms with van der Waals surface area (Å²) in [5.74, 6) is -0.637. The average molecular weight is 265 g/mol. The van der Waals surface area contributed by atoms with Gasteiger partial charge >= 0.3 is 0 Å². The van der Waals surface area contributed by atoms with Crippen molar-refractivity contribution >= 4 is 11.8 Å². The Morgan fingerprint density at radius 1 is 1.21 bits per heavy atom. The minimum atomic E-state index is -1.03. The van der Waals surface area contributed by atoms with Crippen LogP contribution in [0.4, 0.5) is 0 Å². The summed E-state index contributed by atoms with van der Waals surface area (Å²) in [5, 5.41) is 28.5. The van der Waals surface area contributed by atoms with Crippen LogP contribution in [0.25, 0.3) is 0 Å². The van der Waals surface area contributed by atoms with Crippen molar-refractivity contribution in [1.29, 1.82) is 0 Å². The van der Waals surface area contributed by atoms with E-state index in [9.17, 15) is 19.8 Å². The summed E-state index contributed by atoms with van der Waals surface area (Å²) in [4.78, 5) is 23.9. The fraction of sp³-hybridized carbons (Fsp3) is 0.385. The van der Waals surface area contributed by atoms with Gasteiger partial charge in [0.25, 0.3) is 0 Å². The lowest BCUT2D eigenvalue weighted by molar-refractivity contribution is -0.140. The average Bonchev–Trinajstić information content (AvgIpc) is 2.71. The number of rotatable bonds is 4. The normalized spacial score (nSPS) is 17.1. The fourth-order valence-electron chi connectivity index (χ4n) is 2.04. The summed E-state index contributed by atoms with van der Waals surface area (Å²) >= 11 is 0. The molecule has 2 rings (SSSR count). The molecule has 1 aliphatic heterocycles. The molecule has 1 aromatic rings. The van der Waals surface area contributed by atoms with E-state index < -0.39 is 6.10 Å². The Morgan fingerprint density at radius 3 is 2.42 bits per heavy atom. The predicted molar refractivity (Wildman–Crippen MR) is 64.9 cm³/mol. The van der Waals surface area contributed by atoms with Gasteiger partial charge in [0, 0.05) is 18.4 Å². The van der Waals surface area contributed by atoms with E-state index in [0.29, 0.717) is 5.56 Å². The van der Waals surface area contributed by atoms with Crippen molar-refractivity contribution in [3.63, 3.8) is 0 Å². The molecule has 0 saturated carbocycles. The van der Waals surface area contributed by atoms with Gasteiger partial charge in [-0.3, -0.25) is 14.5 Å². The highest BCUT2D eigenvalue weighted by atomic mass is 16.3. The highest BCUT2D eigenvalue weighted by molar-refractivity contribution is 6.01. The first-order valence-electron chi connectivity index (χ1n) is 5.97. The van der Waals surface area contributed by atoms with Crippen molar-refractivity contribution in [2.24, 2.45) is 0 Å². The Bertz CT molecular complexity index is 498. The fourth-order valence-corrected chi connectivity index (χ4v) is 2.04. The zero-order valence-electron chi connectivity index (χ0n) is 10.2. The number of aliphatic hydroxyl groups is 2. The number of aliphatic hydroxyl groups excluding tert-OH is 2. The molecule has 0 aliphatic carbocycles. The number of aromatic hydroxyl groups is 1. The van der Waals surface area contributed by atoms with Crippen LogP contribution in [0.1, 0.15) is 30.1 Å². The van der Waals surface area contributed by atoms with Gasteiger partial charge in [-0.1, -0.05) is 6.07 Å². The maximum atomic E-state index is 11.4. The molecule has 102 valence electrons. The molecule has 6 nitrogen and oxygen atoms in total. The lowest BCUT2D eigenvalue weighted by Gasteiger charge is -2.19. The van der Waals surface area contributed by atoms with Gasteiger partial charge in [0.05, 0.1) is 19.3 Å². The van der Waals surface area contributed by atoms with Gasteiger partial charge in [0.1, 0.15) is 5.75 Å². The maximum Gasteiger partial charge on any atom is 0.229 e. The molecule has 3 N–H and O–H groups in total. The van der Waals surface area contributed by atoms with E-state index in [1.807, 2.05) is 0 Å². The minimum Gasteiger partial charge on any atom is -0.508 e. The summed E-state index contributed by atoms with van der Waals surface area (Å²) in [6, 6.07) is 4.30. The third-order valence-electron chi connectivity index (χ3n) is 3.17. The summed E-state index contributed by atoms with van der Waals surface area (Å²) < 4.78 is 0. The van der Waals surface area contributed by atoms with Crippen molar-refractivity contribution in [3.05, 3.63) is 29.3 Å². The van der Waals surface area contributed by atoms with E-state index in [0.717, 1.165) is 4.90 Å². The molecule has 0 aromatic heterocycles. The van der Waals surface area contributed by atoms with Crippen LogP contribution in [0.2, 0.25) is 0 Å². The third kappa shape index (κ3) is 2.74. The number of carbonyl (C=O) groups is 2. The number of hydrogen-bond donors (Lipinski definition) is 3. The topological polar surface area (TPSA) is 98.1 Å². The molecule has 1 atom stereocenters. The first-order chi connectivity index (χ1) is 9.02. The van der Waals surface area contributed by atoms with Crippen molar-refractivity contribution in [1.82, 2.24) is 4.90 Å². The van der Waals surface area contributed by atoms with Crippen LogP contribution in [-0.4, -0.2) is 38.6 Å². The van der Waals surface area contributed by atoms with Crippen LogP contribution in [0, 0.1) is 0 Å². The molecule has 1 fully saturated rings. The van der Waals surface area contributed by atoms with Gasteiger partial charge in [-0.05, 0) is 17.7 Å². The Kier molecular flexibility index (Phi) is 3.82. The summed E-state index contributed by atoms with van der Waals surface area (Å²) in [6.45, 7) is -0.457. The number of nitrogens with zero attached hydrogens (tertiary/aromatic N) is 1. The number of hydrogen-bond acceptors (Lipinski definition) is 5. The van der Waals surface area contributed by atoms with Gasteiger partial charge in [0.2, 0.25) is 11.8 Å². The maximum absolute atomic E-state index is 11.4. The van der Waals surface area contributed by atoms with Gasteiger partial charge in [-0.25, -0.2) is 0 Å². The number of β-amino-alcohol motifs (C(OH)–C–C–N with tert-alkyl or cyclic N) is 1. The SMILES string of the molecule is O=C1CCC(=O)N1CC(O)c1ccc(O)c(CO)c1. The van der Waals surface area contributed by atoms with Crippen LogP contribution in [0.3, 0.4) is 0 Å². The molecular formula is C13H15NO5. The Hall–Kier alpha value is -1.92. The van der Waals surface area contributed by atoms with Gasteiger partial charge in [-0.2, -0.15) is 0 Å². The summed E-state index contributed by atoms with van der Waals surface area (Å²) in [7, 11) is 0. The standard InChI is InChI=1S/C13H15NO5/c15-7-9-5-8(1-2-10(9)16)11(17)6-14-12(18)3-4-13(14)19/h1-2,5,11,15-17H,3-4,6-7H2. The van der Waals surface area contributed by atoms with Crippen LogP contribution in [0.15, 0.2) is 18.2 Å². The molecule has 1 unspecified atom stereocenters. The number of imide groups is 1. The van der Waals surface area contributed by atoms with Crippen LogP contribution < -0.4 is 0 Å². The van der Waals surface area contributed by atoms with E-state index in [4.69, 9.17) is 5.11 Å². The van der Waals surface area contributed by atoms with Gasteiger partial charge in [0.15, 0.2) is 0 Å². The largest absolute Gasteiger partial charge is 0.508 e. The monoisotopic (exact) mass is 265 g/mol. The molecule has 19 heavy (non-hydrogen) atoms. The number of carbonyl (C=O) groups excluding carboxylic acids is 2. The first kappa shape index (κ1) is 13.5. The van der Waals surface area contributed by atoms with E-state index in [1.165, 1.54) is 18.2 Å². The summed E-state index contributed by atoms with van der Waals surface area (Å²) in [5.41, 5.74) is 0.727. The molecular weight excluding hydrogens is 250 g/mol. The molecule has 6 heteroatoms. The molecule has 1 aromatic carbocycles. The Morgan fingerprint density at radius 2 is 1.84 bits per heavy atom. The lowest BCUT2D eigenvalue weighted by Crippen LogP contribution is -2.33. The Balaban J connectivity index is 2.13. The zero-order valence-corrected chi connectivity index (χ0v) is 10.2. The molecule has 1 aliphatic rings. The molecule has 1 saturated heterocycles. The molecule has 0 bridgehead atoms. The molecule has 1 heterocycles. The first-order valence-corrected chi connectivity index (χ1v) is 5.97. The second-order valence-electron chi connectivity index (χ2n) is 4.46. The van der Waals surface area contributed by atoms with E-state index in [-0.39, 0.29) is 49.1 Å². The van der Waals surface area contributed by atoms with Gasteiger partial charge < -0.3 is 15.3 Å². The van der Waals surface area contributed by atoms with Crippen molar-refractivity contribution < 1.29 is 24.9 Å². The van der Waals surface area contributed by atoms with Crippen LogP contribution in [0.5, 0.6) is 5.75 Å². The predicted octanol–water partition coefficient (Wildman–Crippen LogP) is 0.0669. The highest BCUT2D eigenvalue weighted by Crippen LogP contribution is 2.24. The van der Waals surface area contributed by atoms with Crippen molar-refractivity contribution in [2.45, 2.75) is 25.6 Å². The summed E-state index contributed by atoms with van der Waals surface area (Å²) in [6.07, 6.45) is -0.664. The second kappa shape index (κ2) is 5.38. The lowest BCUT2D eigenvalue weighted by atomic mass is 10.0. The number of amides is 2. The number of phenols is 1. The van der Waals surface area contributed by atoms with E-state index in [1.54, 1.807) is 0 Å². The Labute approximate surface area is 109 Å². The molecule has 2 amide bonds. The zero-order chi connectivity index (χ0) is 14.0. The van der Waals surface area contributed by atoms with Gasteiger partial charge in [-0.15, -0.1) is 0 Å². The smallest absolute Gasteiger partial charge is 0.229 e. The molecule has 0 spiro atoms. The third-order valence-corrected chi connectivity index (χ3v) is 3.17. The van der Waals surface area contributed by atoms with Crippen molar-refractivity contribution in [3.8, 4) is 5.75 Å². The number of likely N-dealkylation sites (tertiary alicyclic amines) is 1. The minimum absolute atomic E-state index is 0.0632. The highest BCUT2D eigenvalue weighted by Gasteiger charge is 2.30. The van der Waals surface area contributed by atoms with Crippen molar-refractivity contribution in [2.75, 3.05) is 6.54 Å². The molecule has 0 radical (unpaired) electrons. The van der Waals surface area contributed by atoms with Crippen LogP contribution >= 0.6 is 0 Å². The second-order valence-corrected chi connectivity index (χ2v) is 4.46. The van der Waals surface area contributed by atoms with E-state index >= 15 is 0 Å². The quantitative estimate of drug-likeness (QED) is 0.669. The number of benzene rings is 1. The van der Waals surface area contributed by atoms with Crippen LogP contribution in [-0.2, 0) is 16.2 Å². The van der Waals surface area contributed by atoms with E-state index in [2.05, 4.69) is 0 Å².